The Labute approximate surface area is 207 Å². The summed E-state index contributed by atoms with van der Waals surface area (Å²) in [5.74, 6) is 0.185. The summed E-state index contributed by atoms with van der Waals surface area (Å²) in [5, 5.41) is 8.91. The molecule has 0 aromatic heterocycles. The topological polar surface area (TPSA) is 82.9 Å². The van der Waals surface area contributed by atoms with Crippen molar-refractivity contribution < 1.29 is 9.59 Å². The lowest BCUT2D eigenvalue weighted by Gasteiger charge is -2.34. The van der Waals surface area contributed by atoms with E-state index in [0.717, 1.165) is 24.3 Å². The van der Waals surface area contributed by atoms with E-state index in [1.807, 2.05) is 0 Å². The van der Waals surface area contributed by atoms with Crippen molar-refractivity contribution >= 4 is 55.1 Å². The second-order valence-electron chi connectivity index (χ2n) is 11.5. The van der Waals surface area contributed by atoms with Crippen molar-refractivity contribution in [1.82, 2.24) is 10.9 Å². The van der Waals surface area contributed by atoms with Crippen LogP contribution in [0.1, 0.15) is 67.2 Å². The van der Waals surface area contributed by atoms with Crippen LogP contribution in [0.5, 0.6) is 0 Å². The molecule has 2 N–H and O–H groups in total. The Kier molecular flexibility index (Phi) is 5.84. The van der Waals surface area contributed by atoms with Gasteiger partial charge < -0.3 is 0 Å². The molecule has 4 bridgehead atoms. The molecule has 0 aliphatic heterocycles. The number of carbonyl (C=O) groups is 2. The van der Waals surface area contributed by atoms with Crippen LogP contribution in [0.4, 0.5) is 0 Å². The molecule has 0 heterocycles. The monoisotopic (exact) mass is 568 g/mol. The minimum absolute atomic E-state index is 0.0346. The Bertz CT molecular complexity index is 866. The van der Waals surface area contributed by atoms with Crippen molar-refractivity contribution in [2.45, 2.75) is 76.9 Å². The van der Waals surface area contributed by atoms with Crippen LogP contribution in [0.25, 0.3) is 0 Å². The van der Waals surface area contributed by atoms with Crippen LogP contribution in [0.15, 0.2) is 22.4 Å². The lowest BCUT2D eigenvalue weighted by atomic mass is 9.70. The van der Waals surface area contributed by atoms with E-state index in [-0.39, 0.29) is 31.3 Å². The van der Waals surface area contributed by atoms with Crippen molar-refractivity contribution in [2.24, 2.45) is 43.7 Å². The maximum atomic E-state index is 12.3. The summed E-state index contributed by atoms with van der Waals surface area (Å²) in [6, 6.07) is 0. The fourth-order valence-corrected chi connectivity index (χ4v) is 9.90. The fraction of sp³-hybridized carbons (Fsp3) is 0.750. The fourth-order valence-electron chi connectivity index (χ4n) is 6.83. The third kappa shape index (κ3) is 3.22. The van der Waals surface area contributed by atoms with E-state index in [1.165, 1.54) is 25.0 Å². The van der Waals surface area contributed by atoms with E-state index in [2.05, 4.69) is 94.5 Å². The highest BCUT2D eigenvalue weighted by Crippen LogP contribution is 2.66. The SMILES string of the molecule is CC1(C)[C@H]2CC[C@]1(C)C(=NNC(=O)/C=C/C(=O)N/N=C1\[C@@H](Br)[C@H]3CC[C@@]1(C)C3(C)C)[C@H]2Br. The highest BCUT2D eigenvalue weighted by molar-refractivity contribution is 9.10. The molecule has 4 rings (SSSR count). The summed E-state index contributed by atoms with van der Waals surface area (Å²) in [5.41, 5.74) is 7.41. The average molecular weight is 570 g/mol. The minimum Gasteiger partial charge on any atom is -0.268 e. The highest BCUT2D eigenvalue weighted by atomic mass is 79.9. The van der Waals surface area contributed by atoms with Gasteiger partial charge >= 0.3 is 0 Å². The first kappa shape index (κ1) is 24.1. The van der Waals surface area contributed by atoms with Gasteiger partial charge in [-0.25, -0.2) is 10.9 Å². The summed E-state index contributed by atoms with van der Waals surface area (Å²) < 4.78 is 0. The molecular weight excluding hydrogens is 536 g/mol. The Morgan fingerprint density at radius 3 is 1.41 bits per heavy atom. The number of amides is 2. The molecule has 8 heteroatoms. The first-order chi connectivity index (χ1) is 14.8. The summed E-state index contributed by atoms with van der Waals surface area (Å²) in [4.78, 5) is 24.9. The molecule has 4 fully saturated rings. The molecule has 6 atom stereocenters. The van der Waals surface area contributed by atoms with Crippen LogP contribution in [0.2, 0.25) is 0 Å². The summed E-state index contributed by atoms with van der Waals surface area (Å²) in [7, 11) is 0. The van der Waals surface area contributed by atoms with Crippen LogP contribution < -0.4 is 10.9 Å². The molecule has 32 heavy (non-hydrogen) atoms. The second kappa shape index (κ2) is 7.76. The van der Waals surface area contributed by atoms with Gasteiger partial charge in [0.25, 0.3) is 11.8 Å². The molecule has 0 spiro atoms. The van der Waals surface area contributed by atoms with E-state index in [9.17, 15) is 9.59 Å². The van der Waals surface area contributed by atoms with Crippen molar-refractivity contribution in [1.29, 1.82) is 0 Å². The number of hydrogen-bond donors (Lipinski definition) is 2. The molecule has 4 aliphatic rings. The number of hydrazone groups is 2. The third-order valence-corrected chi connectivity index (χ3v) is 12.1. The van der Waals surface area contributed by atoms with Crippen molar-refractivity contribution in [2.75, 3.05) is 0 Å². The number of halogens is 2. The molecule has 176 valence electrons. The van der Waals surface area contributed by atoms with Gasteiger partial charge in [0.2, 0.25) is 0 Å². The van der Waals surface area contributed by atoms with Crippen LogP contribution in [-0.4, -0.2) is 32.9 Å². The highest BCUT2D eigenvalue weighted by Gasteiger charge is 2.65. The molecule has 0 aromatic carbocycles. The normalized spacial score (nSPS) is 43.5. The lowest BCUT2D eigenvalue weighted by Crippen LogP contribution is -2.36. The van der Waals surface area contributed by atoms with Crippen LogP contribution in [-0.2, 0) is 9.59 Å². The number of carbonyl (C=O) groups excluding carboxylic acids is 2. The van der Waals surface area contributed by atoms with Gasteiger partial charge in [0.15, 0.2) is 0 Å². The van der Waals surface area contributed by atoms with E-state index < -0.39 is 11.8 Å². The van der Waals surface area contributed by atoms with Crippen molar-refractivity contribution in [3.05, 3.63) is 12.2 Å². The molecule has 2 amide bonds. The van der Waals surface area contributed by atoms with Crippen LogP contribution in [0, 0.1) is 33.5 Å². The average Bonchev–Trinajstić information content (AvgIpc) is 3.19. The lowest BCUT2D eigenvalue weighted by molar-refractivity contribution is -0.118. The van der Waals surface area contributed by atoms with Gasteiger partial charge in [-0.05, 0) is 48.3 Å². The van der Waals surface area contributed by atoms with E-state index in [1.54, 1.807) is 0 Å². The maximum Gasteiger partial charge on any atom is 0.264 e. The first-order valence-electron chi connectivity index (χ1n) is 11.5. The quantitative estimate of drug-likeness (QED) is 0.286. The first-order valence-corrected chi connectivity index (χ1v) is 13.3. The van der Waals surface area contributed by atoms with Gasteiger partial charge in [0.1, 0.15) is 0 Å². The van der Waals surface area contributed by atoms with Gasteiger partial charge in [-0.15, -0.1) is 0 Å². The van der Waals surface area contributed by atoms with Crippen LogP contribution in [0.3, 0.4) is 0 Å². The number of fused-ring (bicyclic) bond motifs is 4. The number of rotatable bonds is 4. The van der Waals surface area contributed by atoms with Crippen LogP contribution >= 0.6 is 31.9 Å². The standard InChI is InChI=1S/C24H34Br2N4O2/c1-21(2)13-9-11-23(21,5)19(17(13)25)29-27-15(31)7-8-16(32)28-30-20-18(26)14-10-12-24(20,6)22(14,3)4/h7-8,13-14,17-18H,9-12H2,1-6H3,(H,27,31)(H,28,32)/b8-7+,29-19+,30-20?/t13-,14+,17+,18+,23-,24-/m1/s1. The van der Waals surface area contributed by atoms with Gasteiger partial charge in [-0.3, -0.25) is 9.59 Å². The van der Waals surface area contributed by atoms with Gasteiger partial charge in [-0.1, -0.05) is 73.4 Å². The summed E-state index contributed by atoms with van der Waals surface area (Å²) >= 11 is 7.57. The predicted octanol–water partition coefficient (Wildman–Crippen LogP) is 4.93. The summed E-state index contributed by atoms with van der Waals surface area (Å²) in [6.07, 6.45) is 6.90. The van der Waals surface area contributed by atoms with E-state index in [4.69, 9.17) is 0 Å². The van der Waals surface area contributed by atoms with Gasteiger partial charge in [0, 0.05) is 23.0 Å². The summed E-state index contributed by atoms with van der Waals surface area (Å²) in [6.45, 7) is 13.6. The number of nitrogens with zero attached hydrogens (tertiary/aromatic N) is 2. The smallest absolute Gasteiger partial charge is 0.264 e. The Morgan fingerprint density at radius 2 is 1.12 bits per heavy atom. The van der Waals surface area contributed by atoms with Crippen molar-refractivity contribution in [3.63, 3.8) is 0 Å². The number of hydrogen-bond acceptors (Lipinski definition) is 4. The zero-order valence-electron chi connectivity index (χ0n) is 19.8. The van der Waals surface area contributed by atoms with E-state index in [0.29, 0.717) is 11.8 Å². The molecule has 0 radical (unpaired) electrons. The minimum atomic E-state index is -0.421. The van der Waals surface area contributed by atoms with Gasteiger partial charge in [0.05, 0.1) is 21.1 Å². The predicted molar refractivity (Wildman–Crippen MR) is 135 cm³/mol. The molecule has 6 nitrogen and oxygen atoms in total. The molecule has 4 aliphatic carbocycles. The molecule has 4 saturated carbocycles. The molecule has 0 saturated heterocycles. The van der Waals surface area contributed by atoms with Gasteiger partial charge in [-0.2, -0.15) is 10.2 Å². The molecule has 0 unspecified atom stereocenters. The zero-order chi connectivity index (χ0) is 23.7. The number of alkyl halides is 2. The van der Waals surface area contributed by atoms with Crippen molar-refractivity contribution in [3.8, 4) is 0 Å². The molecular formula is C24H34Br2N4O2. The van der Waals surface area contributed by atoms with E-state index >= 15 is 0 Å². The largest absolute Gasteiger partial charge is 0.268 e. The second-order valence-corrected chi connectivity index (χ2v) is 13.5. The Balaban J connectivity index is 1.37. The maximum absolute atomic E-state index is 12.3. The zero-order valence-corrected chi connectivity index (χ0v) is 22.9. The molecule has 0 aromatic rings. The third-order valence-electron chi connectivity index (χ3n) is 9.93. The number of nitrogens with one attached hydrogen (secondary N) is 2. The Hall–Kier alpha value is -1.02. The Morgan fingerprint density at radius 1 is 0.781 bits per heavy atom.